The molecule has 0 aliphatic carbocycles. The standard InChI is InChI=1S/C16H23N3O3/c1-16(2)14(10-5-3-4-6-12(10)19-16)18-15(20)11(17)9-13-21-7-8-22-13/h3-6,11,13-14,19H,7-9,17H2,1-2H3,(H,18,20). The Morgan fingerprint density at radius 1 is 1.41 bits per heavy atom. The van der Waals surface area contributed by atoms with Crippen LogP contribution in [0.15, 0.2) is 24.3 Å². The average Bonchev–Trinajstić information content (AvgIpc) is 3.05. The minimum Gasteiger partial charge on any atom is -0.377 e. The second-order valence-corrected chi connectivity index (χ2v) is 6.39. The number of para-hydroxylation sites is 1. The third-order valence-corrected chi connectivity index (χ3v) is 4.21. The van der Waals surface area contributed by atoms with Crippen LogP contribution in [0.5, 0.6) is 0 Å². The Kier molecular flexibility index (Phi) is 4.08. The van der Waals surface area contributed by atoms with Crippen LogP contribution in [0.1, 0.15) is 31.9 Å². The van der Waals surface area contributed by atoms with Crippen molar-refractivity contribution in [3.05, 3.63) is 29.8 Å². The summed E-state index contributed by atoms with van der Waals surface area (Å²) in [7, 11) is 0. The van der Waals surface area contributed by atoms with Crippen LogP contribution in [-0.2, 0) is 14.3 Å². The van der Waals surface area contributed by atoms with Crippen LogP contribution in [0.2, 0.25) is 0 Å². The van der Waals surface area contributed by atoms with E-state index in [4.69, 9.17) is 15.2 Å². The molecule has 2 atom stereocenters. The highest BCUT2D eigenvalue weighted by atomic mass is 16.7. The molecule has 1 saturated heterocycles. The van der Waals surface area contributed by atoms with Gasteiger partial charge in [0.2, 0.25) is 5.91 Å². The summed E-state index contributed by atoms with van der Waals surface area (Å²) in [5.74, 6) is -0.185. The first kappa shape index (κ1) is 15.3. The van der Waals surface area contributed by atoms with Crippen LogP contribution in [0.4, 0.5) is 5.69 Å². The maximum absolute atomic E-state index is 12.4. The smallest absolute Gasteiger partial charge is 0.237 e. The molecule has 3 rings (SSSR count). The molecule has 22 heavy (non-hydrogen) atoms. The predicted molar refractivity (Wildman–Crippen MR) is 83.3 cm³/mol. The van der Waals surface area contributed by atoms with Crippen LogP contribution in [0.25, 0.3) is 0 Å². The number of nitrogens with one attached hydrogen (secondary N) is 2. The highest BCUT2D eigenvalue weighted by Crippen LogP contribution is 2.40. The number of nitrogens with two attached hydrogens (primary N) is 1. The first-order chi connectivity index (χ1) is 10.5. The minimum atomic E-state index is -0.647. The van der Waals surface area contributed by atoms with E-state index in [1.54, 1.807) is 0 Å². The lowest BCUT2D eigenvalue weighted by molar-refractivity contribution is -0.126. The van der Waals surface area contributed by atoms with Crippen molar-refractivity contribution in [1.82, 2.24) is 5.32 Å². The maximum Gasteiger partial charge on any atom is 0.237 e. The van der Waals surface area contributed by atoms with E-state index < -0.39 is 6.04 Å². The molecule has 0 radical (unpaired) electrons. The molecule has 1 aromatic carbocycles. The first-order valence-electron chi connectivity index (χ1n) is 7.63. The Morgan fingerprint density at radius 3 is 2.82 bits per heavy atom. The van der Waals surface area contributed by atoms with E-state index in [9.17, 15) is 4.79 Å². The van der Waals surface area contributed by atoms with Crippen molar-refractivity contribution < 1.29 is 14.3 Å². The van der Waals surface area contributed by atoms with Gasteiger partial charge in [0.1, 0.15) is 0 Å². The van der Waals surface area contributed by atoms with Crippen LogP contribution >= 0.6 is 0 Å². The van der Waals surface area contributed by atoms with E-state index in [1.165, 1.54) is 0 Å². The fraction of sp³-hybridized carbons (Fsp3) is 0.562. The quantitative estimate of drug-likeness (QED) is 0.776. The second kappa shape index (κ2) is 5.87. The molecule has 6 nitrogen and oxygen atoms in total. The third-order valence-electron chi connectivity index (χ3n) is 4.21. The summed E-state index contributed by atoms with van der Waals surface area (Å²) in [5.41, 5.74) is 7.86. The summed E-state index contributed by atoms with van der Waals surface area (Å²) in [6.45, 7) is 5.25. The first-order valence-corrected chi connectivity index (χ1v) is 7.63. The van der Waals surface area contributed by atoms with Crippen LogP contribution < -0.4 is 16.4 Å². The number of fused-ring (bicyclic) bond motifs is 1. The lowest BCUT2D eigenvalue weighted by Crippen LogP contribution is -2.49. The summed E-state index contributed by atoms with van der Waals surface area (Å²) in [6.07, 6.45) is -0.00335. The van der Waals surface area contributed by atoms with Crippen molar-refractivity contribution in [3.8, 4) is 0 Å². The summed E-state index contributed by atoms with van der Waals surface area (Å²) >= 11 is 0. The van der Waals surface area contributed by atoms with Gasteiger partial charge in [-0.05, 0) is 25.5 Å². The molecule has 2 aliphatic heterocycles. The Balaban J connectivity index is 1.67. The molecule has 1 fully saturated rings. The number of hydrogen-bond acceptors (Lipinski definition) is 5. The fourth-order valence-corrected chi connectivity index (χ4v) is 3.04. The molecule has 2 unspecified atom stereocenters. The van der Waals surface area contributed by atoms with Gasteiger partial charge < -0.3 is 25.8 Å². The Hall–Kier alpha value is -1.63. The predicted octanol–water partition coefficient (Wildman–Crippen LogP) is 1.14. The SMILES string of the molecule is CC1(C)Nc2ccccc2C1NC(=O)C(N)CC1OCCO1. The Labute approximate surface area is 130 Å². The van der Waals surface area contributed by atoms with Crippen molar-refractivity contribution in [3.63, 3.8) is 0 Å². The van der Waals surface area contributed by atoms with Gasteiger partial charge in [-0.25, -0.2) is 0 Å². The van der Waals surface area contributed by atoms with Gasteiger partial charge in [0, 0.05) is 12.1 Å². The topological polar surface area (TPSA) is 85.6 Å². The highest BCUT2D eigenvalue weighted by molar-refractivity contribution is 5.83. The molecule has 0 bridgehead atoms. The fourth-order valence-electron chi connectivity index (χ4n) is 3.04. The molecule has 6 heteroatoms. The van der Waals surface area contributed by atoms with Gasteiger partial charge in [0.05, 0.1) is 30.8 Å². The number of carbonyl (C=O) groups excluding carboxylic acids is 1. The van der Waals surface area contributed by atoms with Crippen LogP contribution in [0, 0.1) is 0 Å². The van der Waals surface area contributed by atoms with Crippen molar-refractivity contribution in [2.45, 2.75) is 44.2 Å². The van der Waals surface area contributed by atoms with Gasteiger partial charge in [-0.3, -0.25) is 4.79 Å². The number of amides is 1. The zero-order chi connectivity index (χ0) is 15.7. The molecule has 0 aromatic heterocycles. The van der Waals surface area contributed by atoms with Crippen LogP contribution in [0.3, 0.4) is 0 Å². The zero-order valence-electron chi connectivity index (χ0n) is 13.0. The van der Waals surface area contributed by atoms with Gasteiger partial charge in [-0.1, -0.05) is 18.2 Å². The largest absolute Gasteiger partial charge is 0.377 e. The van der Waals surface area contributed by atoms with E-state index in [-0.39, 0.29) is 23.8 Å². The number of carbonyl (C=O) groups is 1. The number of anilines is 1. The number of benzene rings is 1. The molecule has 0 spiro atoms. The van der Waals surface area contributed by atoms with E-state index in [0.717, 1.165) is 11.3 Å². The lowest BCUT2D eigenvalue weighted by Gasteiger charge is -2.30. The second-order valence-electron chi connectivity index (χ2n) is 6.39. The lowest BCUT2D eigenvalue weighted by atomic mass is 9.93. The number of ether oxygens (including phenoxy) is 2. The Morgan fingerprint density at radius 2 is 2.09 bits per heavy atom. The highest BCUT2D eigenvalue weighted by Gasteiger charge is 2.40. The van der Waals surface area contributed by atoms with Gasteiger partial charge in [0.15, 0.2) is 6.29 Å². The van der Waals surface area contributed by atoms with E-state index in [1.807, 2.05) is 24.3 Å². The van der Waals surface area contributed by atoms with Gasteiger partial charge >= 0.3 is 0 Å². The number of hydrogen-bond donors (Lipinski definition) is 3. The normalized spacial score (nSPS) is 24.6. The van der Waals surface area contributed by atoms with Crippen molar-refractivity contribution in [2.24, 2.45) is 5.73 Å². The van der Waals surface area contributed by atoms with E-state index in [2.05, 4.69) is 24.5 Å². The monoisotopic (exact) mass is 305 g/mol. The molecule has 120 valence electrons. The Bertz CT molecular complexity index is 555. The summed E-state index contributed by atoms with van der Waals surface area (Å²) in [6, 6.07) is 7.23. The van der Waals surface area contributed by atoms with Crippen molar-refractivity contribution in [2.75, 3.05) is 18.5 Å². The van der Waals surface area contributed by atoms with Gasteiger partial charge in [-0.15, -0.1) is 0 Å². The van der Waals surface area contributed by atoms with Gasteiger partial charge in [0.25, 0.3) is 0 Å². The zero-order valence-corrected chi connectivity index (χ0v) is 13.0. The van der Waals surface area contributed by atoms with E-state index in [0.29, 0.717) is 19.6 Å². The maximum atomic E-state index is 12.4. The molecule has 2 aliphatic rings. The molecule has 1 aromatic rings. The van der Waals surface area contributed by atoms with E-state index >= 15 is 0 Å². The van der Waals surface area contributed by atoms with Crippen molar-refractivity contribution >= 4 is 11.6 Å². The molecular weight excluding hydrogens is 282 g/mol. The molecule has 4 N–H and O–H groups in total. The van der Waals surface area contributed by atoms with Crippen LogP contribution in [-0.4, -0.2) is 37.0 Å². The molecular formula is C16H23N3O3. The minimum absolute atomic E-state index is 0.118. The summed E-state index contributed by atoms with van der Waals surface area (Å²) in [4.78, 5) is 12.4. The van der Waals surface area contributed by atoms with Crippen molar-refractivity contribution in [1.29, 1.82) is 0 Å². The summed E-state index contributed by atoms with van der Waals surface area (Å²) < 4.78 is 10.7. The third kappa shape index (κ3) is 2.95. The molecule has 0 saturated carbocycles. The molecule has 1 amide bonds. The van der Waals surface area contributed by atoms with Gasteiger partial charge in [-0.2, -0.15) is 0 Å². The number of rotatable bonds is 4. The summed E-state index contributed by atoms with van der Waals surface area (Å²) in [5, 5.41) is 6.50. The average molecular weight is 305 g/mol. The molecule has 2 heterocycles.